The van der Waals surface area contributed by atoms with Gasteiger partial charge in [-0.05, 0) is 37.3 Å². The average molecular weight is 497 g/mol. The van der Waals surface area contributed by atoms with Crippen molar-refractivity contribution in [2.75, 3.05) is 5.32 Å². The summed E-state index contributed by atoms with van der Waals surface area (Å²) < 4.78 is 56.5. The van der Waals surface area contributed by atoms with E-state index in [4.69, 9.17) is 11.0 Å². The van der Waals surface area contributed by atoms with Crippen LogP contribution in [0.5, 0.6) is 0 Å². The summed E-state index contributed by atoms with van der Waals surface area (Å²) in [6, 6.07) is 9.43. The smallest absolute Gasteiger partial charge is 0.366 e. The lowest BCUT2D eigenvalue weighted by Gasteiger charge is -2.11. The number of aromatic nitrogens is 4. The van der Waals surface area contributed by atoms with Crippen molar-refractivity contribution in [1.82, 2.24) is 19.7 Å². The van der Waals surface area contributed by atoms with Gasteiger partial charge in [0, 0.05) is 11.6 Å². The number of benzene rings is 1. The van der Waals surface area contributed by atoms with Crippen molar-refractivity contribution in [3.63, 3.8) is 0 Å². The number of hydrogen-bond acceptors (Lipinski definition) is 6. The predicted molar refractivity (Wildman–Crippen MR) is 118 cm³/mol. The predicted octanol–water partition coefficient (Wildman–Crippen LogP) is 3.56. The molecule has 0 aliphatic rings. The topological polar surface area (TPSA) is 140 Å². The molecule has 0 aliphatic heterocycles. The molecule has 2 amide bonds. The average Bonchev–Trinajstić information content (AvgIpc) is 3.14. The summed E-state index contributed by atoms with van der Waals surface area (Å²) in [7, 11) is 0. The van der Waals surface area contributed by atoms with Gasteiger partial charge in [0.1, 0.15) is 17.6 Å². The molecule has 0 bridgehead atoms. The Morgan fingerprint density at radius 3 is 2.58 bits per heavy atom. The van der Waals surface area contributed by atoms with E-state index in [2.05, 4.69) is 20.4 Å². The molecule has 0 spiro atoms. The van der Waals surface area contributed by atoms with E-state index in [0.29, 0.717) is 5.69 Å². The molecule has 4 rings (SSSR count). The number of alkyl halides is 3. The van der Waals surface area contributed by atoms with E-state index in [9.17, 15) is 27.2 Å². The monoisotopic (exact) mass is 497 g/mol. The van der Waals surface area contributed by atoms with Gasteiger partial charge in [-0.1, -0.05) is 6.07 Å². The number of pyridine rings is 2. The number of nitrogens with two attached hydrogens (primary N) is 1. The van der Waals surface area contributed by atoms with Gasteiger partial charge in [-0.15, -0.1) is 0 Å². The van der Waals surface area contributed by atoms with Crippen molar-refractivity contribution in [3.8, 4) is 6.07 Å². The molecule has 0 aliphatic carbocycles. The van der Waals surface area contributed by atoms with Crippen molar-refractivity contribution in [2.45, 2.75) is 19.6 Å². The Morgan fingerprint density at radius 1 is 1.22 bits per heavy atom. The van der Waals surface area contributed by atoms with Crippen LogP contribution < -0.4 is 11.1 Å². The molecule has 1 aromatic carbocycles. The Morgan fingerprint density at radius 2 is 1.97 bits per heavy atom. The van der Waals surface area contributed by atoms with Crippen molar-refractivity contribution in [2.24, 2.45) is 5.73 Å². The van der Waals surface area contributed by atoms with E-state index in [1.165, 1.54) is 37.4 Å². The third-order valence-electron chi connectivity index (χ3n) is 5.26. The Bertz CT molecular complexity index is 1550. The summed E-state index contributed by atoms with van der Waals surface area (Å²) in [5.41, 5.74) is 3.03. The number of carbonyl (C=O) groups excluding carboxylic acids is 2. The largest absolute Gasteiger partial charge is 0.437 e. The summed E-state index contributed by atoms with van der Waals surface area (Å²) >= 11 is 0. The number of hydrogen-bond donors (Lipinski definition) is 2. The lowest BCUT2D eigenvalue weighted by Crippen LogP contribution is -2.20. The van der Waals surface area contributed by atoms with Crippen LogP contribution in [0.4, 0.5) is 23.2 Å². The van der Waals surface area contributed by atoms with Gasteiger partial charge in [0.05, 0.1) is 40.3 Å². The van der Waals surface area contributed by atoms with Gasteiger partial charge in [0.15, 0.2) is 5.69 Å². The van der Waals surface area contributed by atoms with Gasteiger partial charge < -0.3 is 11.1 Å². The van der Waals surface area contributed by atoms with Crippen LogP contribution in [0.25, 0.3) is 10.9 Å². The van der Waals surface area contributed by atoms with E-state index in [0.717, 1.165) is 16.8 Å². The molecule has 3 heterocycles. The Labute approximate surface area is 200 Å². The number of nitrogens with one attached hydrogen (secondary N) is 1. The first-order valence-corrected chi connectivity index (χ1v) is 10.2. The standard InChI is InChI=1S/C23H15F4N7O2/c1-11-19(20(23(25,26)27)33-34(11)10-13-6-5-12(8-28)9-30-13)32-22(36)17-7-14(21(29)35)18-15(24)3-2-4-16(18)31-17/h2-7,9H,10H2,1H3,(H2,29,35)(H,32,36). The summed E-state index contributed by atoms with van der Waals surface area (Å²) in [4.78, 5) is 32.8. The van der Waals surface area contributed by atoms with E-state index >= 15 is 0 Å². The van der Waals surface area contributed by atoms with Gasteiger partial charge >= 0.3 is 6.18 Å². The molecule has 0 saturated carbocycles. The number of primary amides is 1. The highest BCUT2D eigenvalue weighted by molar-refractivity contribution is 6.10. The fourth-order valence-electron chi connectivity index (χ4n) is 3.52. The number of halogens is 4. The number of carbonyl (C=O) groups is 2. The number of fused-ring (bicyclic) bond motifs is 1. The number of nitriles is 1. The van der Waals surface area contributed by atoms with Crippen LogP contribution in [0, 0.1) is 24.1 Å². The first-order valence-electron chi connectivity index (χ1n) is 10.2. The maximum Gasteiger partial charge on any atom is 0.437 e. The second-order valence-corrected chi connectivity index (χ2v) is 7.62. The zero-order chi connectivity index (χ0) is 26.2. The molecule has 0 saturated heterocycles. The van der Waals surface area contributed by atoms with Gasteiger partial charge in [-0.3, -0.25) is 19.3 Å². The maximum atomic E-state index is 14.2. The Kier molecular flexibility index (Phi) is 6.11. The lowest BCUT2D eigenvalue weighted by atomic mass is 10.1. The summed E-state index contributed by atoms with van der Waals surface area (Å²) in [5, 5.41) is 14.4. The second-order valence-electron chi connectivity index (χ2n) is 7.62. The quantitative estimate of drug-likeness (QED) is 0.404. The van der Waals surface area contributed by atoms with Crippen molar-refractivity contribution < 1.29 is 27.2 Å². The highest BCUT2D eigenvalue weighted by Crippen LogP contribution is 2.36. The molecule has 36 heavy (non-hydrogen) atoms. The maximum absolute atomic E-state index is 14.2. The number of nitrogens with zero attached hydrogens (tertiary/aromatic N) is 5. The van der Waals surface area contributed by atoms with Crippen LogP contribution in [-0.4, -0.2) is 31.6 Å². The summed E-state index contributed by atoms with van der Waals surface area (Å²) in [5.74, 6) is -2.93. The highest BCUT2D eigenvalue weighted by Gasteiger charge is 2.39. The Balaban J connectivity index is 1.74. The van der Waals surface area contributed by atoms with Crippen LogP contribution >= 0.6 is 0 Å². The van der Waals surface area contributed by atoms with Crippen molar-refractivity contribution >= 4 is 28.4 Å². The van der Waals surface area contributed by atoms with Crippen LogP contribution in [0.3, 0.4) is 0 Å². The first-order chi connectivity index (χ1) is 17.0. The third kappa shape index (κ3) is 4.56. The number of rotatable bonds is 5. The molecule has 4 aromatic rings. The zero-order valence-corrected chi connectivity index (χ0v) is 18.4. The fourth-order valence-corrected chi connectivity index (χ4v) is 3.52. The minimum absolute atomic E-state index is 0.0382. The molecular formula is C23H15F4N7O2. The third-order valence-corrected chi connectivity index (χ3v) is 5.26. The molecule has 9 nitrogen and oxygen atoms in total. The van der Waals surface area contributed by atoms with Crippen LogP contribution in [0.1, 0.15) is 43.5 Å². The molecule has 3 aromatic heterocycles. The second kappa shape index (κ2) is 9.06. The summed E-state index contributed by atoms with van der Waals surface area (Å²) in [6.45, 7) is 1.15. The highest BCUT2D eigenvalue weighted by atomic mass is 19.4. The molecule has 0 radical (unpaired) electrons. The number of anilines is 1. The van der Waals surface area contributed by atoms with Gasteiger partial charge in [-0.25, -0.2) is 9.37 Å². The minimum Gasteiger partial charge on any atom is -0.366 e. The molecule has 182 valence electrons. The van der Waals surface area contributed by atoms with Crippen LogP contribution in [0.2, 0.25) is 0 Å². The van der Waals surface area contributed by atoms with E-state index in [-0.39, 0.29) is 34.3 Å². The van der Waals surface area contributed by atoms with Crippen molar-refractivity contribution in [1.29, 1.82) is 5.26 Å². The van der Waals surface area contributed by atoms with Crippen molar-refractivity contribution in [3.05, 3.63) is 82.3 Å². The van der Waals surface area contributed by atoms with Gasteiger partial charge in [0.25, 0.3) is 5.91 Å². The van der Waals surface area contributed by atoms with E-state index in [1.54, 1.807) is 0 Å². The van der Waals surface area contributed by atoms with E-state index < -0.39 is 40.9 Å². The summed E-state index contributed by atoms with van der Waals surface area (Å²) in [6.07, 6.45) is -3.65. The van der Waals surface area contributed by atoms with Gasteiger partial charge in [0.2, 0.25) is 5.91 Å². The molecule has 0 unspecified atom stereocenters. The normalized spacial score (nSPS) is 11.3. The van der Waals surface area contributed by atoms with Gasteiger partial charge in [-0.2, -0.15) is 23.5 Å². The molecule has 0 atom stereocenters. The number of amides is 2. The minimum atomic E-state index is -4.92. The Hall–Kier alpha value is -4.86. The lowest BCUT2D eigenvalue weighted by molar-refractivity contribution is -0.140. The first kappa shape index (κ1) is 24.3. The SMILES string of the molecule is Cc1c(NC(=O)c2cc(C(N)=O)c3c(F)cccc3n2)c(C(F)(F)F)nn1Cc1ccc(C#N)cn1. The van der Waals surface area contributed by atoms with Crippen LogP contribution in [-0.2, 0) is 12.7 Å². The molecule has 0 fully saturated rings. The molecule has 13 heteroatoms. The van der Waals surface area contributed by atoms with Crippen LogP contribution in [0.15, 0.2) is 42.6 Å². The molecule has 3 N–H and O–H groups in total. The molecular weight excluding hydrogens is 482 g/mol. The van der Waals surface area contributed by atoms with E-state index in [1.807, 2.05) is 6.07 Å². The zero-order valence-electron chi connectivity index (χ0n) is 18.4. The fraction of sp³-hybridized carbons (Fsp3) is 0.130.